The molecule has 0 spiro atoms. The SMILES string of the molecule is COc1ccc(C(C(=O)[O-])C(C)C)cc1. The Labute approximate surface area is 89.7 Å². The molecule has 0 saturated heterocycles. The highest BCUT2D eigenvalue weighted by molar-refractivity contribution is 5.74. The van der Waals surface area contributed by atoms with Gasteiger partial charge in [0.2, 0.25) is 0 Å². The van der Waals surface area contributed by atoms with E-state index in [0.717, 1.165) is 11.3 Å². The summed E-state index contributed by atoms with van der Waals surface area (Å²) in [4.78, 5) is 11.0. The molecule has 0 aliphatic carbocycles. The van der Waals surface area contributed by atoms with Gasteiger partial charge in [0.1, 0.15) is 5.75 Å². The van der Waals surface area contributed by atoms with E-state index in [4.69, 9.17) is 4.74 Å². The second-order valence-electron chi connectivity index (χ2n) is 3.81. The summed E-state index contributed by atoms with van der Waals surface area (Å²) in [5.41, 5.74) is 0.755. The molecule has 3 heteroatoms. The van der Waals surface area contributed by atoms with Crippen LogP contribution in [-0.2, 0) is 4.79 Å². The van der Waals surface area contributed by atoms with Gasteiger partial charge in [-0.15, -0.1) is 0 Å². The van der Waals surface area contributed by atoms with Crippen LogP contribution < -0.4 is 9.84 Å². The maximum Gasteiger partial charge on any atom is 0.118 e. The van der Waals surface area contributed by atoms with Crippen LogP contribution in [0, 0.1) is 5.92 Å². The smallest absolute Gasteiger partial charge is 0.118 e. The third-order valence-electron chi connectivity index (χ3n) is 2.40. The zero-order valence-corrected chi connectivity index (χ0v) is 9.19. The van der Waals surface area contributed by atoms with Crippen LogP contribution in [0.25, 0.3) is 0 Å². The molecule has 0 aliphatic heterocycles. The number of methoxy groups -OCH3 is 1. The molecule has 1 aromatic rings. The van der Waals surface area contributed by atoms with E-state index in [1.807, 2.05) is 13.8 Å². The van der Waals surface area contributed by atoms with E-state index in [1.165, 1.54) is 0 Å². The van der Waals surface area contributed by atoms with E-state index < -0.39 is 11.9 Å². The number of rotatable bonds is 4. The van der Waals surface area contributed by atoms with Gasteiger partial charge < -0.3 is 14.6 Å². The predicted molar refractivity (Wildman–Crippen MR) is 55.6 cm³/mol. The van der Waals surface area contributed by atoms with Crippen LogP contribution >= 0.6 is 0 Å². The van der Waals surface area contributed by atoms with Gasteiger partial charge in [0, 0.05) is 11.9 Å². The highest BCUT2D eigenvalue weighted by atomic mass is 16.5. The maximum absolute atomic E-state index is 11.0. The van der Waals surface area contributed by atoms with E-state index >= 15 is 0 Å². The fraction of sp³-hybridized carbons (Fsp3) is 0.417. The molecule has 0 saturated carbocycles. The lowest BCUT2D eigenvalue weighted by Gasteiger charge is -2.22. The van der Waals surface area contributed by atoms with Gasteiger partial charge in [-0.3, -0.25) is 0 Å². The maximum atomic E-state index is 11.0. The minimum Gasteiger partial charge on any atom is -0.549 e. The molecule has 15 heavy (non-hydrogen) atoms. The molecule has 0 amide bonds. The number of benzene rings is 1. The molecule has 1 rings (SSSR count). The van der Waals surface area contributed by atoms with Crippen molar-refractivity contribution >= 4 is 5.97 Å². The van der Waals surface area contributed by atoms with Crippen LogP contribution in [0.1, 0.15) is 25.3 Å². The Morgan fingerprint density at radius 1 is 1.27 bits per heavy atom. The minimum atomic E-state index is -1.03. The third kappa shape index (κ3) is 2.72. The van der Waals surface area contributed by atoms with Gasteiger partial charge in [-0.05, 0) is 23.6 Å². The van der Waals surface area contributed by atoms with Crippen LogP contribution in [0.2, 0.25) is 0 Å². The number of carboxylic acid groups (broad SMARTS) is 1. The average molecular weight is 207 g/mol. The summed E-state index contributed by atoms with van der Waals surface area (Å²) in [7, 11) is 1.58. The van der Waals surface area contributed by atoms with Crippen molar-refractivity contribution in [1.29, 1.82) is 0 Å². The molecule has 0 aromatic heterocycles. The first-order valence-corrected chi connectivity index (χ1v) is 4.91. The van der Waals surface area contributed by atoms with Gasteiger partial charge in [0.25, 0.3) is 0 Å². The second kappa shape index (κ2) is 4.82. The number of carboxylic acids is 1. The predicted octanol–water partition coefficient (Wildman–Crippen LogP) is 1.18. The average Bonchev–Trinajstić information content (AvgIpc) is 2.18. The first-order valence-electron chi connectivity index (χ1n) is 4.91. The normalized spacial score (nSPS) is 12.5. The van der Waals surface area contributed by atoms with Crippen molar-refractivity contribution < 1.29 is 14.6 Å². The summed E-state index contributed by atoms with van der Waals surface area (Å²) >= 11 is 0. The highest BCUT2D eigenvalue weighted by Crippen LogP contribution is 2.25. The van der Waals surface area contributed by atoms with E-state index in [2.05, 4.69) is 0 Å². The molecular formula is C12H15O3-. The van der Waals surface area contributed by atoms with Crippen LogP contribution in [0.3, 0.4) is 0 Å². The van der Waals surface area contributed by atoms with Crippen molar-refractivity contribution in [1.82, 2.24) is 0 Å². The summed E-state index contributed by atoms with van der Waals surface area (Å²) < 4.78 is 5.01. The summed E-state index contributed by atoms with van der Waals surface area (Å²) in [6, 6.07) is 7.04. The second-order valence-corrected chi connectivity index (χ2v) is 3.81. The summed E-state index contributed by atoms with van der Waals surface area (Å²) in [6.45, 7) is 3.73. The van der Waals surface area contributed by atoms with E-state index in [9.17, 15) is 9.90 Å². The largest absolute Gasteiger partial charge is 0.549 e. The number of hydrogen-bond donors (Lipinski definition) is 0. The van der Waals surface area contributed by atoms with E-state index in [1.54, 1.807) is 31.4 Å². The first-order chi connectivity index (χ1) is 7.06. The lowest BCUT2D eigenvalue weighted by Crippen LogP contribution is -2.32. The molecule has 1 unspecified atom stereocenters. The zero-order valence-electron chi connectivity index (χ0n) is 9.19. The van der Waals surface area contributed by atoms with Crippen LogP contribution in [0.5, 0.6) is 5.75 Å². The number of carbonyl (C=O) groups excluding carboxylic acids is 1. The number of carbonyl (C=O) groups is 1. The molecule has 0 bridgehead atoms. The summed E-state index contributed by atoms with van der Waals surface area (Å²) in [5.74, 6) is -0.853. The molecule has 3 nitrogen and oxygen atoms in total. The number of aliphatic carboxylic acids is 1. The monoisotopic (exact) mass is 207 g/mol. The lowest BCUT2D eigenvalue weighted by atomic mass is 9.88. The summed E-state index contributed by atoms with van der Waals surface area (Å²) in [5, 5.41) is 11.0. The van der Waals surface area contributed by atoms with Gasteiger partial charge in [-0.1, -0.05) is 26.0 Å². The standard InChI is InChI=1S/C12H16O3/c1-8(2)11(12(13)14)9-4-6-10(15-3)7-5-9/h4-8,11H,1-3H3,(H,13,14)/p-1. The van der Waals surface area contributed by atoms with Gasteiger partial charge in [-0.25, -0.2) is 0 Å². The van der Waals surface area contributed by atoms with Gasteiger partial charge in [-0.2, -0.15) is 0 Å². The quantitative estimate of drug-likeness (QED) is 0.745. The molecule has 0 aliphatic rings. The highest BCUT2D eigenvalue weighted by Gasteiger charge is 2.16. The van der Waals surface area contributed by atoms with E-state index in [-0.39, 0.29) is 5.92 Å². The molecule has 0 fully saturated rings. The van der Waals surface area contributed by atoms with Crippen molar-refractivity contribution in [2.45, 2.75) is 19.8 Å². The van der Waals surface area contributed by atoms with Crippen molar-refractivity contribution in [2.24, 2.45) is 5.92 Å². The molecule has 82 valence electrons. The Morgan fingerprint density at radius 2 is 1.80 bits per heavy atom. The molecule has 0 heterocycles. The van der Waals surface area contributed by atoms with Crippen LogP contribution in [-0.4, -0.2) is 13.1 Å². The fourth-order valence-corrected chi connectivity index (χ4v) is 1.60. The van der Waals surface area contributed by atoms with Gasteiger partial charge in [0.15, 0.2) is 0 Å². The van der Waals surface area contributed by atoms with Gasteiger partial charge in [0.05, 0.1) is 7.11 Å². The van der Waals surface area contributed by atoms with Gasteiger partial charge >= 0.3 is 0 Å². The topological polar surface area (TPSA) is 49.4 Å². The van der Waals surface area contributed by atoms with Crippen molar-refractivity contribution in [2.75, 3.05) is 7.11 Å². The Hall–Kier alpha value is -1.51. The Morgan fingerprint density at radius 3 is 2.13 bits per heavy atom. The van der Waals surface area contributed by atoms with Crippen LogP contribution in [0.15, 0.2) is 24.3 Å². The fourth-order valence-electron chi connectivity index (χ4n) is 1.60. The van der Waals surface area contributed by atoms with Crippen molar-refractivity contribution in [3.05, 3.63) is 29.8 Å². The van der Waals surface area contributed by atoms with Crippen molar-refractivity contribution in [3.8, 4) is 5.75 Å². The van der Waals surface area contributed by atoms with Crippen LogP contribution in [0.4, 0.5) is 0 Å². The number of ether oxygens (including phenoxy) is 1. The minimum absolute atomic E-state index is 0.0170. The van der Waals surface area contributed by atoms with E-state index in [0.29, 0.717) is 0 Å². The summed E-state index contributed by atoms with van der Waals surface area (Å²) in [6.07, 6.45) is 0. The molecule has 1 atom stereocenters. The first kappa shape index (κ1) is 11.6. The van der Waals surface area contributed by atoms with Crippen molar-refractivity contribution in [3.63, 3.8) is 0 Å². The third-order valence-corrected chi connectivity index (χ3v) is 2.40. The molecule has 0 radical (unpaired) electrons. The molecule has 0 N–H and O–H groups in total. The Kier molecular flexibility index (Phi) is 3.72. The Bertz CT molecular complexity index is 327. The lowest BCUT2D eigenvalue weighted by molar-refractivity contribution is -0.309. The molecular weight excluding hydrogens is 192 g/mol. The Balaban J connectivity index is 2.97. The molecule has 1 aromatic carbocycles. The zero-order chi connectivity index (χ0) is 11.4. The number of hydrogen-bond acceptors (Lipinski definition) is 3.